The van der Waals surface area contributed by atoms with Gasteiger partial charge in [0.25, 0.3) is 0 Å². The molecule has 7 heteroatoms. The molecule has 0 unspecified atom stereocenters. The van der Waals surface area contributed by atoms with Crippen LogP contribution in [0.15, 0.2) is 53.3 Å². The second-order valence-corrected chi connectivity index (χ2v) is 7.48. The van der Waals surface area contributed by atoms with Crippen molar-refractivity contribution in [2.45, 2.75) is 12.8 Å². The number of nitrogens with one attached hydrogen (secondary N) is 1. The number of carbonyl (C=O) groups excluding carboxylic acids is 1. The van der Waals surface area contributed by atoms with Crippen LogP contribution in [0.2, 0.25) is 0 Å². The Bertz CT molecular complexity index is 962. The summed E-state index contributed by atoms with van der Waals surface area (Å²) in [6.07, 6.45) is 9.05. The van der Waals surface area contributed by atoms with Gasteiger partial charge in [-0.25, -0.2) is 9.51 Å². The highest BCUT2D eigenvalue weighted by Crippen LogP contribution is 2.30. The summed E-state index contributed by atoms with van der Waals surface area (Å²) in [4.78, 5) is 16.2. The van der Waals surface area contributed by atoms with E-state index in [-0.39, 0.29) is 5.78 Å². The number of fused-ring (bicyclic) bond motifs is 1. The molecule has 4 rings (SSSR count). The van der Waals surface area contributed by atoms with E-state index in [0.29, 0.717) is 11.4 Å². The Labute approximate surface area is 158 Å². The van der Waals surface area contributed by atoms with Crippen molar-refractivity contribution in [2.24, 2.45) is 10.7 Å². The zero-order valence-electron chi connectivity index (χ0n) is 15.6. The van der Waals surface area contributed by atoms with Crippen LogP contribution in [0, 0.1) is 0 Å². The number of ketones is 1. The summed E-state index contributed by atoms with van der Waals surface area (Å²) < 4.78 is 2.91. The van der Waals surface area contributed by atoms with E-state index < -0.39 is 0 Å². The lowest BCUT2D eigenvalue weighted by Crippen LogP contribution is -2.44. The quantitative estimate of drug-likeness (QED) is 0.627. The molecule has 0 aromatic carbocycles. The molecule has 1 aliphatic heterocycles. The van der Waals surface area contributed by atoms with Crippen LogP contribution in [0.4, 0.5) is 11.5 Å². The summed E-state index contributed by atoms with van der Waals surface area (Å²) >= 11 is 0. The minimum atomic E-state index is -0.118. The molecule has 1 aliphatic carbocycles. The van der Waals surface area contributed by atoms with Gasteiger partial charge >= 0.3 is 0 Å². The fraction of sp³-hybridized carbons (Fsp3) is 0.350. The number of quaternary nitrogens is 1. The van der Waals surface area contributed by atoms with Crippen LogP contribution in [0.1, 0.15) is 12.8 Å². The Morgan fingerprint density at radius 3 is 2.89 bits per heavy atom. The van der Waals surface area contributed by atoms with Gasteiger partial charge in [-0.05, 0) is 24.3 Å². The van der Waals surface area contributed by atoms with Gasteiger partial charge in [0.05, 0.1) is 50.2 Å². The number of pyridine rings is 1. The average molecular weight is 365 g/mol. The molecule has 27 heavy (non-hydrogen) atoms. The van der Waals surface area contributed by atoms with Crippen molar-refractivity contribution in [3.63, 3.8) is 0 Å². The first kappa shape index (κ1) is 17.5. The number of hydrogen-bond acceptors (Lipinski definition) is 5. The lowest BCUT2D eigenvalue weighted by atomic mass is 10.1. The van der Waals surface area contributed by atoms with Gasteiger partial charge < -0.3 is 15.5 Å². The zero-order chi connectivity index (χ0) is 18.9. The highest BCUT2D eigenvalue weighted by Gasteiger charge is 2.26. The molecule has 140 valence electrons. The monoisotopic (exact) mass is 365 g/mol. The number of aliphatic imine (C=N–C) groups is 1. The number of anilines is 1. The standard InChI is InChI=1S/C20H24N6O/c1-26(11-4-5-12-26)13-9-22-20-19(18-6-2-3-10-25(18)24-20)23-17-8-7-15(27)14-16(17)21/h2-3,6-8,10,14H,4-5,9,11-13H2,1H3,(H2-,21,22,24,27)/p+1/b23-17+. The van der Waals surface area contributed by atoms with Gasteiger partial charge in [0.15, 0.2) is 11.6 Å². The summed E-state index contributed by atoms with van der Waals surface area (Å²) in [5.74, 6) is 0.616. The number of likely N-dealkylation sites (tertiary alicyclic amines) is 1. The minimum absolute atomic E-state index is 0.118. The molecule has 1 fully saturated rings. The number of rotatable bonds is 5. The molecule has 3 heterocycles. The second-order valence-electron chi connectivity index (χ2n) is 7.48. The van der Waals surface area contributed by atoms with Gasteiger partial charge in [-0.1, -0.05) is 6.07 Å². The first-order valence-corrected chi connectivity index (χ1v) is 9.37. The highest BCUT2D eigenvalue weighted by atomic mass is 16.1. The maximum absolute atomic E-state index is 11.5. The van der Waals surface area contributed by atoms with Crippen molar-refractivity contribution in [3.05, 3.63) is 48.3 Å². The topological polar surface area (TPSA) is 84.8 Å². The van der Waals surface area contributed by atoms with Crippen molar-refractivity contribution in [1.82, 2.24) is 9.61 Å². The third kappa shape index (κ3) is 3.64. The Kier molecular flexibility index (Phi) is 4.53. The Morgan fingerprint density at radius 1 is 1.30 bits per heavy atom. The molecular weight excluding hydrogens is 340 g/mol. The van der Waals surface area contributed by atoms with Gasteiger partial charge in [-0.2, -0.15) is 0 Å². The third-order valence-electron chi connectivity index (χ3n) is 5.34. The Morgan fingerprint density at radius 2 is 2.11 bits per heavy atom. The van der Waals surface area contributed by atoms with Crippen LogP contribution in [0.25, 0.3) is 5.52 Å². The Hall–Kier alpha value is -2.93. The van der Waals surface area contributed by atoms with Crippen LogP contribution in [-0.2, 0) is 4.79 Å². The van der Waals surface area contributed by atoms with E-state index in [4.69, 9.17) is 10.7 Å². The average Bonchev–Trinajstić information content (AvgIpc) is 3.22. The summed E-state index contributed by atoms with van der Waals surface area (Å²) in [6.45, 7) is 4.36. The van der Waals surface area contributed by atoms with Crippen LogP contribution in [-0.4, -0.2) is 58.8 Å². The molecule has 0 spiro atoms. The van der Waals surface area contributed by atoms with Crippen molar-refractivity contribution >= 4 is 28.5 Å². The van der Waals surface area contributed by atoms with Crippen molar-refractivity contribution < 1.29 is 9.28 Å². The van der Waals surface area contributed by atoms with Gasteiger partial charge in [0.2, 0.25) is 0 Å². The largest absolute Gasteiger partial charge is 0.397 e. The molecule has 0 bridgehead atoms. The smallest absolute Gasteiger partial charge is 0.180 e. The number of carbonyl (C=O) groups is 1. The summed E-state index contributed by atoms with van der Waals surface area (Å²) in [5, 5.41) is 8.11. The first-order valence-electron chi connectivity index (χ1n) is 9.37. The van der Waals surface area contributed by atoms with E-state index in [1.807, 2.05) is 28.9 Å². The SMILES string of the molecule is C[N+]1(CCNc2nn3ccccc3c2/N=C2\C=CC(=O)C=C2N)CCCC1. The van der Waals surface area contributed by atoms with Crippen LogP contribution in [0.5, 0.6) is 0 Å². The lowest BCUT2D eigenvalue weighted by Gasteiger charge is -2.29. The van der Waals surface area contributed by atoms with Crippen molar-refractivity contribution in [3.8, 4) is 0 Å². The molecule has 2 aromatic heterocycles. The number of likely N-dealkylation sites (N-methyl/N-ethyl adjacent to an activating group) is 1. The number of aromatic nitrogens is 2. The van der Waals surface area contributed by atoms with Gasteiger partial charge in [0.1, 0.15) is 5.69 Å². The van der Waals surface area contributed by atoms with Crippen LogP contribution in [0.3, 0.4) is 0 Å². The van der Waals surface area contributed by atoms with Gasteiger partial charge in [0, 0.05) is 25.1 Å². The normalized spacial score (nSPS) is 20.4. The molecule has 0 radical (unpaired) electrons. The molecule has 0 atom stereocenters. The van der Waals surface area contributed by atoms with E-state index in [0.717, 1.165) is 34.6 Å². The molecule has 2 aliphatic rings. The maximum atomic E-state index is 11.5. The molecule has 0 amide bonds. The molecule has 2 aromatic rings. The number of nitrogens with two attached hydrogens (primary N) is 1. The second kappa shape index (κ2) is 7.00. The van der Waals surface area contributed by atoms with E-state index in [1.54, 1.807) is 6.08 Å². The zero-order valence-corrected chi connectivity index (χ0v) is 15.6. The van der Waals surface area contributed by atoms with E-state index in [1.165, 1.54) is 38.1 Å². The van der Waals surface area contributed by atoms with Crippen LogP contribution >= 0.6 is 0 Å². The predicted octanol–water partition coefficient (Wildman–Crippen LogP) is 2.04. The number of allylic oxidation sites excluding steroid dienone is 3. The molecule has 0 saturated carbocycles. The van der Waals surface area contributed by atoms with Gasteiger partial charge in [-0.15, -0.1) is 5.10 Å². The molecule has 7 nitrogen and oxygen atoms in total. The van der Waals surface area contributed by atoms with E-state index in [9.17, 15) is 4.79 Å². The van der Waals surface area contributed by atoms with Gasteiger partial charge in [-0.3, -0.25) is 4.79 Å². The predicted molar refractivity (Wildman–Crippen MR) is 107 cm³/mol. The Balaban J connectivity index is 1.62. The van der Waals surface area contributed by atoms with E-state index >= 15 is 0 Å². The molecule has 3 N–H and O–H groups in total. The highest BCUT2D eigenvalue weighted by molar-refractivity contribution is 6.20. The minimum Gasteiger partial charge on any atom is -0.397 e. The van der Waals surface area contributed by atoms with Crippen molar-refractivity contribution in [2.75, 3.05) is 38.5 Å². The number of hydrogen-bond donors (Lipinski definition) is 2. The summed E-state index contributed by atoms with van der Waals surface area (Å²) in [6, 6.07) is 5.87. The lowest BCUT2D eigenvalue weighted by molar-refractivity contribution is -0.895. The fourth-order valence-corrected chi connectivity index (χ4v) is 3.74. The summed E-state index contributed by atoms with van der Waals surface area (Å²) in [7, 11) is 2.31. The van der Waals surface area contributed by atoms with Crippen LogP contribution < -0.4 is 11.1 Å². The molecular formula is C20H25N6O+. The summed E-state index contributed by atoms with van der Waals surface area (Å²) in [5.41, 5.74) is 8.58. The van der Waals surface area contributed by atoms with E-state index in [2.05, 4.69) is 17.5 Å². The molecule has 1 saturated heterocycles. The van der Waals surface area contributed by atoms with Crippen molar-refractivity contribution in [1.29, 1.82) is 0 Å². The number of nitrogens with zero attached hydrogens (tertiary/aromatic N) is 4. The third-order valence-corrected chi connectivity index (χ3v) is 5.34. The fourth-order valence-electron chi connectivity index (χ4n) is 3.74. The first-order chi connectivity index (χ1) is 13.0. The maximum Gasteiger partial charge on any atom is 0.180 e.